The van der Waals surface area contributed by atoms with Gasteiger partial charge in [0.05, 0.1) is 11.9 Å². The molecule has 2 N–H and O–H groups in total. The summed E-state index contributed by atoms with van der Waals surface area (Å²) in [5, 5.41) is 5.54. The van der Waals surface area contributed by atoms with E-state index in [1.54, 1.807) is 30.7 Å². The van der Waals surface area contributed by atoms with E-state index in [0.717, 1.165) is 11.1 Å². The van der Waals surface area contributed by atoms with Gasteiger partial charge in [-0.05, 0) is 36.2 Å². The first-order valence-electron chi connectivity index (χ1n) is 9.44. The summed E-state index contributed by atoms with van der Waals surface area (Å²) in [4.78, 5) is 33.4. The Bertz CT molecular complexity index is 1130. The molecule has 7 heteroatoms. The van der Waals surface area contributed by atoms with Crippen LogP contribution in [0.1, 0.15) is 23.5 Å². The first-order chi connectivity index (χ1) is 14.5. The molecule has 0 fully saturated rings. The molecule has 2 aromatic carbocycles. The van der Waals surface area contributed by atoms with Crippen LogP contribution in [-0.2, 0) is 9.59 Å². The number of rotatable bonds is 4. The fourth-order valence-corrected chi connectivity index (χ4v) is 3.39. The van der Waals surface area contributed by atoms with Gasteiger partial charge in [-0.1, -0.05) is 24.3 Å². The minimum Gasteiger partial charge on any atom is -0.332 e. The van der Waals surface area contributed by atoms with Gasteiger partial charge in [0.15, 0.2) is 0 Å². The van der Waals surface area contributed by atoms with Gasteiger partial charge in [0.25, 0.3) is 5.91 Å². The lowest BCUT2D eigenvalue weighted by molar-refractivity contribution is -0.121. The average molecular weight is 402 g/mol. The highest BCUT2D eigenvalue weighted by molar-refractivity contribution is 6.07. The molecule has 0 aliphatic carbocycles. The number of halogens is 1. The van der Waals surface area contributed by atoms with Crippen LogP contribution < -0.4 is 10.6 Å². The molecule has 2 amide bonds. The van der Waals surface area contributed by atoms with Gasteiger partial charge in [-0.3, -0.25) is 19.6 Å². The molecule has 1 aromatic heterocycles. The van der Waals surface area contributed by atoms with Crippen LogP contribution in [0.2, 0.25) is 0 Å². The van der Waals surface area contributed by atoms with E-state index < -0.39 is 5.92 Å². The van der Waals surface area contributed by atoms with Crippen molar-refractivity contribution in [3.8, 4) is 11.3 Å². The summed E-state index contributed by atoms with van der Waals surface area (Å²) in [6.07, 6.45) is 6.40. The van der Waals surface area contributed by atoms with Crippen molar-refractivity contribution >= 4 is 17.5 Å². The zero-order valence-electron chi connectivity index (χ0n) is 16.2. The monoisotopic (exact) mass is 402 g/mol. The fourth-order valence-electron chi connectivity index (χ4n) is 3.39. The third-order valence-corrected chi connectivity index (χ3v) is 5.03. The molecule has 4 rings (SSSR count). The highest BCUT2D eigenvalue weighted by atomic mass is 19.1. The second kappa shape index (κ2) is 8.24. The van der Waals surface area contributed by atoms with E-state index in [4.69, 9.17) is 0 Å². The van der Waals surface area contributed by atoms with Crippen molar-refractivity contribution in [2.45, 2.75) is 19.3 Å². The molecule has 150 valence electrons. The Kier molecular flexibility index (Phi) is 5.34. The first-order valence-corrected chi connectivity index (χ1v) is 9.44. The predicted molar refractivity (Wildman–Crippen MR) is 111 cm³/mol. The standard InChI is InChI=1S/C23H19FN4O2/c1-14-2-3-16(21-13-25-8-9-26-21)10-20(14)28-23(30)19-12-27-22(29)11-18(19)15-4-6-17(24)7-5-15/h2-10,12-13,18H,11H2,1H3,(H,27,29)(H,28,30)/t18-/m0/s1. The molecule has 1 atom stereocenters. The number of amides is 2. The van der Waals surface area contributed by atoms with Gasteiger partial charge < -0.3 is 10.6 Å². The van der Waals surface area contributed by atoms with E-state index >= 15 is 0 Å². The largest absolute Gasteiger partial charge is 0.332 e. The van der Waals surface area contributed by atoms with Crippen LogP contribution >= 0.6 is 0 Å². The van der Waals surface area contributed by atoms with Gasteiger partial charge in [0, 0.05) is 47.8 Å². The summed E-state index contributed by atoms with van der Waals surface area (Å²) in [5.41, 5.74) is 4.16. The number of benzene rings is 2. The molecule has 3 aromatic rings. The quantitative estimate of drug-likeness (QED) is 0.697. The SMILES string of the molecule is Cc1ccc(-c2cnccn2)cc1NC(=O)C1=CNC(=O)C[C@H]1c1ccc(F)cc1. The van der Waals surface area contributed by atoms with E-state index in [-0.39, 0.29) is 24.1 Å². The molecule has 1 aliphatic rings. The Morgan fingerprint density at radius 1 is 1.17 bits per heavy atom. The van der Waals surface area contributed by atoms with Gasteiger partial charge in [-0.2, -0.15) is 0 Å². The van der Waals surface area contributed by atoms with Crippen molar-refractivity contribution in [3.05, 3.63) is 89.8 Å². The van der Waals surface area contributed by atoms with E-state index in [0.29, 0.717) is 22.5 Å². The van der Waals surface area contributed by atoms with Crippen molar-refractivity contribution in [1.29, 1.82) is 0 Å². The zero-order valence-corrected chi connectivity index (χ0v) is 16.2. The van der Waals surface area contributed by atoms with Crippen molar-refractivity contribution in [2.75, 3.05) is 5.32 Å². The van der Waals surface area contributed by atoms with E-state index in [1.165, 1.54) is 18.3 Å². The molecule has 0 saturated heterocycles. The molecule has 6 nitrogen and oxygen atoms in total. The summed E-state index contributed by atoms with van der Waals surface area (Å²) < 4.78 is 13.3. The smallest absolute Gasteiger partial charge is 0.253 e. The highest BCUT2D eigenvalue weighted by Gasteiger charge is 2.29. The summed E-state index contributed by atoms with van der Waals surface area (Å²) >= 11 is 0. The predicted octanol–water partition coefficient (Wildman–Crippen LogP) is 3.72. The molecular formula is C23H19FN4O2. The lowest BCUT2D eigenvalue weighted by atomic mass is 9.86. The van der Waals surface area contributed by atoms with Gasteiger partial charge in [-0.25, -0.2) is 4.39 Å². The number of carbonyl (C=O) groups excluding carboxylic acids is 2. The van der Waals surface area contributed by atoms with E-state index in [2.05, 4.69) is 20.6 Å². The van der Waals surface area contributed by atoms with Crippen molar-refractivity contribution < 1.29 is 14.0 Å². The molecule has 0 unspecified atom stereocenters. The van der Waals surface area contributed by atoms with Gasteiger partial charge in [0.2, 0.25) is 5.91 Å². The summed E-state index contributed by atoms with van der Waals surface area (Å²) in [6.45, 7) is 1.89. The minimum absolute atomic E-state index is 0.115. The topological polar surface area (TPSA) is 84.0 Å². The Labute approximate surface area is 172 Å². The Morgan fingerprint density at radius 3 is 2.70 bits per heavy atom. The Hall–Kier alpha value is -3.87. The number of aryl methyl sites for hydroxylation is 1. The molecule has 30 heavy (non-hydrogen) atoms. The average Bonchev–Trinajstić information content (AvgIpc) is 2.76. The third-order valence-electron chi connectivity index (χ3n) is 5.03. The maximum absolute atomic E-state index is 13.3. The first kappa shape index (κ1) is 19.4. The molecule has 0 spiro atoms. The van der Waals surface area contributed by atoms with Crippen LogP contribution in [0.4, 0.5) is 10.1 Å². The maximum atomic E-state index is 13.3. The highest BCUT2D eigenvalue weighted by Crippen LogP contribution is 2.32. The van der Waals surface area contributed by atoms with Gasteiger partial charge in [-0.15, -0.1) is 0 Å². The fraction of sp³-hybridized carbons (Fsp3) is 0.130. The second-order valence-corrected chi connectivity index (χ2v) is 7.05. The van der Waals surface area contributed by atoms with Gasteiger partial charge >= 0.3 is 0 Å². The van der Waals surface area contributed by atoms with Crippen molar-refractivity contribution in [3.63, 3.8) is 0 Å². The Morgan fingerprint density at radius 2 is 1.97 bits per heavy atom. The van der Waals surface area contributed by atoms with Crippen molar-refractivity contribution in [2.24, 2.45) is 0 Å². The number of anilines is 1. The molecule has 0 saturated carbocycles. The number of hydrogen-bond donors (Lipinski definition) is 2. The zero-order chi connectivity index (χ0) is 21.1. The normalized spacial score (nSPS) is 15.9. The second-order valence-electron chi connectivity index (χ2n) is 7.05. The van der Waals surface area contributed by atoms with Crippen LogP contribution in [0, 0.1) is 12.7 Å². The van der Waals surface area contributed by atoms with Crippen molar-refractivity contribution in [1.82, 2.24) is 15.3 Å². The number of hydrogen-bond acceptors (Lipinski definition) is 4. The lowest BCUT2D eigenvalue weighted by Crippen LogP contribution is -2.32. The van der Waals surface area contributed by atoms with E-state index in [1.807, 2.05) is 25.1 Å². The number of carbonyl (C=O) groups is 2. The third kappa shape index (κ3) is 4.10. The summed E-state index contributed by atoms with van der Waals surface area (Å²) in [7, 11) is 0. The summed E-state index contributed by atoms with van der Waals surface area (Å²) in [5.74, 6) is -1.35. The minimum atomic E-state index is -0.456. The van der Waals surface area contributed by atoms with Crippen LogP contribution in [0.25, 0.3) is 11.3 Å². The lowest BCUT2D eigenvalue weighted by Gasteiger charge is -2.24. The van der Waals surface area contributed by atoms with Crippen LogP contribution in [0.3, 0.4) is 0 Å². The van der Waals surface area contributed by atoms with Crippen LogP contribution in [-0.4, -0.2) is 21.8 Å². The number of aromatic nitrogens is 2. The molecular weight excluding hydrogens is 383 g/mol. The van der Waals surface area contributed by atoms with Crippen LogP contribution in [0.5, 0.6) is 0 Å². The Balaban J connectivity index is 1.62. The number of nitrogens with zero attached hydrogens (tertiary/aromatic N) is 2. The molecule has 0 bridgehead atoms. The molecule has 0 radical (unpaired) electrons. The molecule has 2 heterocycles. The maximum Gasteiger partial charge on any atom is 0.253 e. The number of nitrogens with one attached hydrogen (secondary N) is 2. The molecule has 1 aliphatic heterocycles. The van der Waals surface area contributed by atoms with Crippen LogP contribution in [0.15, 0.2) is 72.8 Å². The van der Waals surface area contributed by atoms with E-state index in [9.17, 15) is 14.0 Å². The summed E-state index contributed by atoms with van der Waals surface area (Å²) in [6, 6.07) is 11.5. The van der Waals surface area contributed by atoms with Gasteiger partial charge in [0.1, 0.15) is 5.82 Å².